The van der Waals surface area contributed by atoms with Crippen molar-refractivity contribution in [3.8, 4) is 0 Å². The number of aromatic nitrogens is 2. The smallest absolute Gasteiger partial charge is 0.293 e. The van der Waals surface area contributed by atoms with Crippen molar-refractivity contribution < 1.29 is 13.3 Å². The van der Waals surface area contributed by atoms with E-state index in [1.165, 1.54) is 12.1 Å². The first-order valence-corrected chi connectivity index (χ1v) is 11.4. The minimum absolute atomic E-state index is 0.0624. The number of rotatable bonds is 5. The molecule has 0 amide bonds. The Kier molecular flexibility index (Phi) is 5.30. The van der Waals surface area contributed by atoms with E-state index in [4.69, 9.17) is 0 Å². The van der Waals surface area contributed by atoms with Gasteiger partial charge in [-0.3, -0.25) is 15.2 Å². The summed E-state index contributed by atoms with van der Waals surface area (Å²) in [5.74, 6) is 0.608. The van der Waals surface area contributed by atoms with E-state index in [0.717, 1.165) is 36.9 Å². The number of nitro groups is 1. The Hall–Kier alpha value is -2.46. The van der Waals surface area contributed by atoms with Gasteiger partial charge in [0.1, 0.15) is 5.69 Å². The number of sulfonamides is 1. The van der Waals surface area contributed by atoms with Gasteiger partial charge in [0.2, 0.25) is 10.0 Å². The molecule has 0 radical (unpaired) electrons. The highest BCUT2D eigenvalue weighted by Gasteiger charge is 2.29. The van der Waals surface area contributed by atoms with Gasteiger partial charge in [-0.05, 0) is 43.7 Å². The molecule has 9 nitrogen and oxygen atoms in total. The highest BCUT2D eigenvalue weighted by Crippen LogP contribution is 2.34. The summed E-state index contributed by atoms with van der Waals surface area (Å²) in [7, 11) is -3.81. The minimum atomic E-state index is -3.81. The van der Waals surface area contributed by atoms with Gasteiger partial charge in [0.05, 0.1) is 16.0 Å². The number of H-pyrrole nitrogens is 1. The van der Waals surface area contributed by atoms with Crippen molar-refractivity contribution in [1.29, 1.82) is 0 Å². The summed E-state index contributed by atoms with van der Waals surface area (Å²) in [5.41, 5.74) is 2.26. The van der Waals surface area contributed by atoms with Crippen molar-refractivity contribution in [3.63, 3.8) is 0 Å². The first-order valence-electron chi connectivity index (χ1n) is 9.90. The van der Waals surface area contributed by atoms with Crippen LogP contribution in [-0.2, 0) is 23.0 Å². The minimum Gasteiger partial charge on any atom is -0.361 e. The monoisotopic (exact) mass is 419 g/mol. The van der Waals surface area contributed by atoms with Crippen molar-refractivity contribution in [2.45, 2.75) is 56.5 Å². The molecule has 2 heterocycles. The molecule has 29 heavy (non-hydrogen) atoms. The molecule has 0 spiro atoms. The van der Waals surface area contributed by atoms with Crippen LogP contribution in [0.15, 0.2) is 29.3 Å². The Labute approximate surface area is 169 Å². The maximum Gasteiger partial charge on any atom is 0.293 e. The van der Waals surface area contributed by atoms with E-state index in [1.807, 2.05) is 4.90 Å². The van der Waals surface area contributed by atoms with Crippen LogP contribution in [0.1, 0.15) is 43.9 Å². The zero-order chi connectivity index (χ0) is 20.6. The standard InChI is InChI=1S/C19H25N5O4S/c1-13-2-4-15(5-3-13)22-29(27,28)16-6-7-18(19(10-16)24(25)26)23-9-8-17-14(12-23)11-20-21-17/h6-7,10-11,13,15,22H,2-5,8-9,12H2,1H3,(H,20,21). The van der Waals surface area contributed by atoms with E-state index >= 15 is 0 Å². The normalized spacial score (nSPS) is 22.3. The maximum absolute atomic E-state index is 12.8. The van der Waals surface area contributed by atoms with Gasteiger partial charge in [0, 0.05) is 42.9 Å². The fourth-order valence-corrected chi connectivity index (χ4v) is 5.50. The Morgan fingerprint density at radius 3 is 2.76 bits per heavy atom. The predicted molar refractivity (Wildman–Crippen MR) is 108 cm³/mol. The van der Waals surface area contributed by atoms with Crippen LogP contribution in [0.2, 0.25) is 0 Å². The molecular weight excluding hydrogens is 394 g/mol. The van der Waals surface area contributed by atoms with Crippen molar-refractivity contribution in [2.75, 3.05) is 11.4 Å². The van der Waals surface area contributed by atoms with Gasteiger partial charge >= 0.3 is 0 Å². The Morgan fingerprint density at radius 1 is 1.28 bits per heavy atom. The van der Waals surface area contributed by atoms with Gasteiger partial charge in [-0.2, -0.15) is 5.10 Å². The second-order valence-electron chi connectivity index (χ2n) is 8.03. The molecule has 4 rings (SSSR count). The summed E-state index contributed by atoms with van der Waals surface area (Å²) in [6, 6.07) is 4.06. The number of anilines is 1. The average molecular weight is 420 g/mol. The summed E-state index contributed by atoms with van der Waals surface area (Å²) in [5, 5.41) is 18.7. The molecule has 2 N–H and O–H groups in total. The Balaban J connectivity index is 1.58. The molecule has 2 aliphatic rings. The van der Waals surface area contributed by atoms with Crippen LogP contribution in [0.5, 0.6) is 0 Å². The van der Waals surface area contributed by atoms with Gasteiger partial charge in [0.15, 0.2) is 0 Å². The van der Waals surface area contributed by atoms with E-state index in [2.05, 4.69) is 21.8 Å². The SMILES string of the molecule is CC1CCC(NS(=O)(=O)c2ccc(N3CCc4[nH]ncc4C3)c([N+](=O)[O-])c2)CC1. The van der Waals surface area contributed by atoms with E-state index in [1.54, 1.807) is 12.3 Å². The predicted octanol–water partition coefficient (Wildman–Crippen LogP) is 2.74. The zero-order valence-corrected chi connectivity index (χ0v) is 17.1. The number of hydrogen-bond acceptors (Lipinski definition) is 6. The highest BCUT2D eigenvalue weighted by atomic mass is 32.2. The van der Waals surface area contributed by atoms with Crippen LogP contribution < -0.4 is 9.62 Å². The molecule has 1 aliphatic carbocycles. The lowest BCUT2D eigenvalue weighted by molar-refractivity contribution is -0.384. The molecule has 156 valence electrons. The molecule has 10 heteroatoms. The molecule has 0 unspecified atom stereocenters. The molecule has 1 saturated carbocycles. The molecule has 1 aromatic heterocycles. The molecule has 0 saturated heterocycles. The number of hydrogen-bond donors (Lipinski definition) is 2. The van der Waals surface area contributed by atoms with E-state index < -0.39 is 14.9 Å². The van der Waals surface area contributed by atoms with Crippen molar-refractivity contribution in [3.05, 3.63) is 45.8 Å². The first-order chi connectivity index (χ1) is 13.8. The van der Waals surface area contributed by atoms with Gasteiger partial charge in [-0.1, -0.05) is 6.92 Å². The first kappa shape index (κ1) is 19.8. The van der Waals surface area contributed by atoms with Gasteiger partial charge in [0.25, 0.3) is 5.69 Å². The maximum atomic E-state index is 12.8. The number of aromatic amines is 1. The van der Waals surface area contributed by atoms with E-state index in [0.29, 0.717) is 31.1 Å². The van der Waals surface area contributed by atoms with Crippen LogP contribution in [0.25, 0.3) is 0 Å². The molecule has 1 aromatic carbocycles. The van der Waals surface area contributed by atoms with Crippen LogP contribution >= 0.6 is 0 Å². The summed E-state index contributed by atoms with van der Waals surface area (Å²) in [6.45, 7) is 3.26. The largest absolute Gasteiger partial charge is 0.361 e. The van der Waals surface area contributed by atoms with Gasteiger partial charge in [-0.15, -0.1) is 0 Å². The second kappa shape index (κ2) is 7.75. The summed E-state index contributed by atoms with van der Waals surface area (Å²) in [4.78, 5) is 13.0. The number of fused-ring (bicyclic) bond motifs is 1. The third-order valence-corrected chi connectivity index (χ3v) is 7.45. The topological polar surface area (TPSA) is 121 Å². The molecule has 2 aromatic rings. The van der Waals surface area contributed by atoms with E-state index in [9.17, 15) is 18.5 Å². The Bertz CT molecular complexity index is 1010. The molecular formula is C19H25N5O4S. The lowest BCUT2D eigenvalue weighted by atomic mass is 9.88. The van der Waals surface area contributed by atoms with Crippen molar-refractivity contribution in [2.24, 2.45) is 5.92 Å². The van der Waals surface area contributed by atoms with Gasteiger partial charge < -0.3 is 4.90 Å². The fraction of sp³-hybridized carbons (Fsp3) is 0.526. The third kappa shape index (κ3) is 4.13. The van der Waals surface area contributed by atoms with E-state index in [-0.39, 0.29) is 16.6 Å². The lowest BCUT2D eigenvalue weighted by Gasteiger charge is -2.28. The summed E-state index contributed by atoms with van der Waals surface area (Å²) < 4.78 is 28.4. The van der Waals surface area contributed by atoms with Crippen LogP contribution in [0.3, 0.4) is 0 Å². The third-order valence-electron chi connectivity index (χ3n) is 5.93. The summed E-state index contributed by atoms with van der Waals surface area (Å²) >= 11 is 0. The average Bonchev–Trinajstić information content (AvgIpc) is 3.17. The zero-order valence-electron chi connectivity index (χ0n) is 16.3. The molecule has 0 bridgehead atoms. The van der Waals surface area contributed by atoms with Crippen LogP contribution in [-0.4, -0.2) is 36.1 Å². The highest BCUT2D eigenvalue weighted by molar-refractivity contribution is 7.89. The number of nitrogens with zero attached hydrogens (tertiary/aromatic N) is 3. The second-order valence-corrected chi connectivity index (χ2v) is 9.75. The molecule has 0 atom stereocenters. The van der Waals surface area contributed by atoms with Crippen molar-refractivity contribution in [1.82, 2.24) is 14.9 Å². The molecule has 1 fully saturated rings. The number of benzene rings is 1. The van der Waals surface area contributed by atoms with Crippen LogP contribution in [0.4, 0.5) is 11.4 Å². The van der Waals surface area contributed by atoms with Crippen molar-refractivity contribution >= 4 is 21.4 Å². The van der Waals surface area contributed by atoms with Gasteiger partial charge in [-0.25, -0.2) is 13.1 Å². The summed E-state index contributed by atoms with van der Waals surface area (Å²) in [6.07, 6.45) is 5.98. The fourth-order valence-electron chi connectivity index (χ4n) is 4.18. The quantitative estimate of drug-likeness (QED) is 0.568. The molecule has 1 aliphatic heterocycles. The Morgan fingerprint density at radius 2 is 2.03 bits per heavy atom. The number of nitro benzene ring substituents is 1. The van der Waals surface area contributed by atoms with Crippen LogP contribution in [0, 0.1) is 16.0 Å². The number of nitrogens with one attached hydrogen (secondary N) is 2. The lowest BCUT2D eigenvalue weighted by Crippen LogP contribution is -2.37.